The van der Waals surface area contributed by atoms with Gasteiger partial charge in [-0.1, -0.05) is 37.3 Å². The summed E-state index contributed by atoms with van der Waals surface area (Å²) in [6.45, 7) is 0.708. The van der Waals surface area contributed by atoms with Gasteiger partial charge in [-0.15, -0.1) is 0 Å². The summed E-state index contributed by atoms with van der Waals surface area (Å²) in [6, 6.07) is 0. The van der Waals surface area contributed by atoms with E-state index in [4.69, 9.17) is 16.3 Å². The fourth-order valence-electron chi connectivity index (χ4n) is 2.30. The van der Waals surface area contributed by atoms with Gasteiger partial charge in [-0.05, 0) is 18.8 Å². The van der Waals surface area contributed by atoms with Gasteiger partial charge in [0.2, 0.25) is 11.8 Å². The van der Waals surface area contributed by atoms with Crippen molar-refractivity contribution in [3.8, 4) is 5.88 Å². The average Bonchev–Trinajstić information content (AvgIpc) is 2.66. The lowest BCUT2D eigenvalue weighted by Gasteiger charge is -2.15. The molecular weight excluding hydrogens is 250 g/mol. The SMILES string of the molecule is CNc1ncc(Cl)c(OCC2CCCCCC2)n1. The van der Waals surface area contributed by atoms with E-state index in [1.165, 1.54) is 38.5 Å². The molecule has 2 rings (SSSR count). The molecular formula is C13H20ClN3O. The van der Waals surface area contributed by atoms with Gasteiger partial charge in [0.1, 0.15) is 5.02 Å². The van der Waals surface area contributed by atoms with E-state index < -0.39 is 0 Å². The van der Waals surface area contributed by atoms with Gasteiger partial charge < -0.3 is 10.1 Å². The van der Waals surface area contributed by atoms with Crippen molar-refractivity contribution in [3.05, 3.63) is 11.2 Å². The van der Waals surface area contributed by atoms with Crippen molar-refractivity contribution in [2.75, 3.05) is 19.0 Å². The van der Waals surface area contributed by atoms with Crippen molar-refractivity contribution in [2.45, 2.75) is 38.5 Å². The van der Waals surface area contributed by atoms with E-state index in [0.717, 1.165) is 0 Å². The molecule has 1 heterocycles. The van der Waals surface area contributed by atoms with Gasteiger partial charge >= 0.3 is 0 Å². The van der Waals surface area contributed by atoms with Crippen LogP contribution in [0.1, 0.15) is 38.5 Å². The molecule has 1 saturated carbocycles. The Morgan fingerprint density at radius 2 is 2.06 bits per heavy atom. The number of nitrogens with one attached hydrogen (secondary N) is 1. The molecule has 0 aliphatic heterocycles. The van der Waals surface area contributed by atoms with Crippen LogP contribution in [-0.4, -0.2) is 23.6 Å². The van der Waals surface area contributed by atoms with Crippen molar-refractivity contribution >= 4 is 17.5 Å². The molecule has 0 unspecified atom stereocenters. The first kappa shape index (κ1) is 13.4. The fourth-order valence-corrected chi connectivity index (χ4v) is 2.45. The van der Waals surface area contributed by atoms with Crippen molar-refractivity contribution in [2.24, 2.45) is 5.92 Å². The van der Waals surface area contributed by atoms with Crippen LogP contribution < -0.4 is 10.1 Å². The first-order valence-corrected chi connectivity index (χ1v) is 7.00. The van der Waals surface area contributed by atoms with E-state index in [9.17, 15) is 0 Å². The highest BCUT2D eigenvalue weighted by Crippen LogP contribution is 2.26. The second-order valence-electron chi connectivity index (χ2n) is 4.77. The maximum atomic E-state index is 6.03. The van der Waals surface area contributed by atoms with Crippen LogP contribution >= 0.6 is 11.6 Å². The minimum Gasteiger partial charge on any atom is -0.476 e. The predicted molar refractivity (Wildman–Crippen MR) is 73.3 cm³/mol. The monoisotopic (exact) mass is 269 g/mol. The molecule has 4 nitrogen and oxygen atoms in total. The van der Waals surface area contributed by atoms with Crippen LogP contribution in [0, 0.1) is 5.92 Å². The number of halogens is 1. The summed E-state index contributed by atoms with van der Waals surface area (Å²) in [5, 5.41) is 3.36. The lowest BCUT2D eigenvalue weighted by atomic mass is 10.0. The van der Waals surface area contributed by atoms with Gasteiger partial charge in [0.15, 0.2) is 0 Å². The summed E-state index contributed by atoms with van der Waals surface area (Å²) < 4.78 is 5.75. The van der Waals surface area contributed by atoms with Gasteiger partial charge in [-0.2, -0.15) is 4.98 Å². The Bertz CT molecular complexity index is 378. The number of rotatable bonds is 4. The number of hydrogen-bond acceptors (Lipinski definition) is 4. The third kappa shape index (κ3) is 3.73. The lowest BCUT2D eigenvalue weighted by molar-refractivity contribution is 0.226. The van der Waals surface area contributed by atoms with E-state index >= 15 is 0 Å². The molecule has 1 aliphatic rings. The van der Waals surface area contributed by atoms with Crippen LogP contribution in [-0.2, 0) is 0 Å². The van der Waals surface area contributed by atoms with E-state index in [-0.39, 0.29) is 0 Å². The summed E-state index contributed by atoms with van der Waals surface area (Å²) in [6.07, 6.45) is 9.41. The summed E-state index contributed by atoms with van der Waals surface area (Å²) in [7, 11) is 1.78. The molecule has 0 radical (unpaired) electrons. The van der Waals surface area contributed by atoms with E-state index in [1.807, 2.05) is 0 Å². The smallest absolute Gasteiger partial charge is 0.237 e. The zero-order valence-corrected chi connectivity index (χ0v) is 11.5. The molecule has 0 saturated heterocycles. The molecule has 100 valence electrons. The third-order valence-electron chi connectivity index (χ3n) is 3.37. The summed E-state index contributed by atoms with van der Waals surface area (Å²) in [5.74, 6) is 1.66. The molecule has 1 aliphatic carbocycles. The van der Waals surface area contributed by atoms with Gasteiger partial charge in [0.05, 0.1) is 12.8 Å². The molecule has 1 fully saturated rings. The largest absolute Gasteiger partial charge is 0.476 e. The summed E-state index contributed by atoms with van der Waals surface area (Å²) in [4.78, 5) is 8.26. The zero-order valence-electron chi connectivity index (χ0n) is 10.8. The van der Waals surface area contributed by atoms with Crippen LogP contribution in [0.3, 0.4) is 0 Å². The van der Waals surface area contributed by atoms with Crippen molar-refractivity contribution in [1.29, 1.82) is 0 Å². The maximum Gasteiger partial charge on any atom is 0.237 e. The number of anilines is 1. The van der Waals surface area contributed by atoms with Crippen LogP contribution in [0.5, 0.6) is 5.88 Å². The minimum absolute atomic E-state index is 0.475. The first-order valence-electron chi connectivity index (χ1n) is 6.62. The van der Waals surface area contributed by atoms with Gasteiger partial charge in [-0.3, -0.25) is 0 Å². The number of aromatic nitrogens is 2. The summed E-state index contributed by atoms with van der Waals surface area (Å²) >= 11 is 6.03. The Kier molecular flexibility index (Phi) is 5.05. The third-order valence-corrected chi connectivity index (χ3v) is 3.63. The van der Waals surface area contributed by atoms with E-state index in [1.54, 1.807) is 13.2 Å². The maximum absolute atomic E-state index is 6.03. The van der Waals surface area contributed by atoms with Crippen molar-refractivity contribution in [1.82, 2.24) is 9.97 Å². The van der Waals surface area contributed by atoms with Crippen LogP contribution in [0.15, 0.2) is 6.20 Å². The highest BCUT2D eigenvalue weighted by atomic mass is 35.5. The average molecular weight is 270 g/mol. The van der Waals surface area contributed by atoms with Crippen LogP contribution in [0.25, 0.3) is 0 Å². The molecule has 0 atom stereocenters. The Morgan fingerprint density at radius 1 is 1.33 bits per heavy atom. The molecule has 0 aromatic carbocycles. The topological polar surface area (TPSA) is 47.0 Å². The molecule has 1 N–H and O–H groups in total. The Labute approximate surface area is 113 Å². The normalized spacial score (nSPS) is 17.2. The number of ether oxygens (including phenoxy) is 1. The van der Waals surface area contributed by atoms with Gasteiger partial charge in [-0.25, -0.2) is 4.98 Å². The second-order valence-corrected chi connectivity index (χ2v) is 5.17. The minimum atomic E-state index is 0.475. The first-order chi connectivity index (χ1) is 8.79. The Hall–Kier alpha value is -1.03. The van der Waals surface area contributed by atoms with Crippen molar-refractivity contribution < 1.29 is 4.74 Å². The zero-order chi connectivity index (χ0) is 12.8. The van der Waals surface area contributed by atoms with Crippen LogP contribution in [0.2, 0.25) is 5.02 Å². The highest BCUT2D eigenvalue weighted by molar-refractivity contribution is 6.31. The van der Waals surface area contributed by atoms with E-state index in [2.05, 4.69) is 15.3 Å². The number of hydrogen-bond donors (Lipinski definition) is 1. The molecule has 0 bridgehead atoms. The molecule has 5 heteroatoms. The van der Waals surface area contributed by atoms with E-state index in [0.29, 0.717) is 29.4 Å². The second kappa shape index (κ2) is 6.78. The molecule has 1 aromatic heterocycles. The highest BCUT2D eigenvalue weighted by Gasteiger charge is 2.14. The molecule has 0 spiro atoms. The predicted octanol–water partition coefficient (Wildman–Crippen LogP) is 3.52. The van der Waals surface area contributed by atoms with Gasteiger partial charge in [0, 0.05) is 7.05 Å². The fraction of sp³-hybridized carbons (Fsp3) is 0.692. The lowest BCUT2D eigenvalue weighted by Crippen LogP contribution is -2.12. The van der Waals surface area contributed by atoms with Crippen molar-refractivity contribution in [3.63, 3.8) is 0 Å². The Balaban J connectivity index is 1.92. The summed E-state index contributed by atoms with van der Waals surface area (Å²) in [5.41, 5.74) is 0. The molecule has 18 heavy (non-hydrogen) atoms. The number of nitrogens with zero attached hydrogens (tertiary/aromatic N) is 2. The van der Waals surface area contributed by atoms with Crippen LogP contribution in [0.4, 0.5) is 5.95 Å². The molecule has 1 aromatic rings. The quantitative estimate of drug-likeness (QED) is 0.850. The molecule has 0 amide bonds. The Morgan fingerprint density at radius 3 is 2.72 bits per heavy atom. The van der Waals surface area contributed by atoms with Gasteiger partial charge in [0.25, 0.3) is 0 Å². The standard InChI is InChI=1S/C13H20ClN3O/c1-15-13-16-8-11(14)12(17-13)18-9-10-6-4-2-3-5-7-10/h8,10H,2-7,9H2,1H3,(H,15,16,17).